The third kappa shape index (κ3) is 3.63. The third-order valence-electron chi connectivity index (χ3n) is 3.45. The summed E-state index contributed by atoms with van der Waals surface area (Å²) in [6.07, 6.45) is 6.56. The summed E-state index contributed by atoms with van der Waals surface area (Å²) in [5, 5.41) is 15.0. The molecule has 0 aliphatic carbocycles. The topological polar surface area (TPSA) is 50.9 Å². The fourth-order valence-corrected chi connectivity index (χ4v) is 2.34. The molecule has 0 saturated carbocycles. The lowest BCUT2D eigenvalue weighted by molar-refractivity contribution is 0.00360. The maximum atomic E-state index is 13.4. The first-order valence-corrected chi connectivity index (χ1v) is 6.95. The molecule has 0 aliphatic rings. The lowest BCUT2D eigenvalue weighted by Crippen LogP contribution is -2.32. The summed E-state index contributed by atoms with van der Waals surface area (Å²) in [7, 11) is 0. The molecule has 1 aromatic carbocycles. The zero-order valence-electron chi connectivity index (χ0n) is 11.7. The Hall–Kier alpha value is -1.75. The molecule has 0 fully saturated rings. The van der Waals surface area contributed by atoms with Gasteiger partial charge in [0.25, 0.3) is 0 Å². The molecule has 20 heavy (non-hydrogen) atoms. The molecule has 0 bridgehead atoms. The minimum atomic E-state index is -1.12. The normalized spacial score (nSPS) is 14.2. The molecule has 1 atom stereocenters. The van der Waals surface area contributed by atoms with E-state index >= 15 is 0 Å². The number of unbranched alkanes of at least 4 members (excludes halogenated alkanes) is 2. The molecule has 0 radical (unpaired) electrons. The van der Waals surface area contributed by atoms with Crippen molar-refractivity contribution in [3.63, 3.8) is 0 Å². The van der Waals surface area contributed by atoms with Gasteiger partial charge in [-0.2, -0.15) is 5.10 Å². The summed E-state index contributed by atoms with van der Waals surface area (Å²) in [6, 6.07) is 6.15. The van der Waals surface area contributed by atoms with Crippen LogP contribution in [0.25, 0.3) is 0 Å². The number of halogens is 1. The smallest absolute Gasteiger partial charge is 0.137 e. The van der Waals surface area contributed by atoms with E-state index in [9.17, 15) is 9.50 Å². The molecule has 1 heterocycles. The zero-order chi connectivity index (χ0) is 14.4. The van der Waals surface area contributed by atoms with Crippen molar-refractivity contribution < 1.29 is 9.50 Å². The molecule has 1 N–H and O–H groups in total. The van der Waals surface area contributed by atoms with Crippen molar-refractivity contribution in [3.05, 3.63) is 48.3 Å². The summed E-state index contributed by atoms with van der Waals surface area (Å²) in [5.74, 6) is -0.338. The largest absolute Gasteiger partial charge is 0.383 e. The lowest BCUT2D eigenvalue weighted by atomic mass is 9.88. The molecule has 0 spiro atoms. The Morgan fingerprint density at radius 3 is 2.85 bits per heavy atom. The first-order valence-electron chi connectivity index (χ1n) is 6.95. The van der Waals surface area contributed by atoms with Crippen molar-refractivity contribution in [2.45, 2.75) is 44.8 Å². The average Bonchev–Trinajstić information content (AvgIpc) is 2.92. The number of aromatic nitrogens is 3. The van der Waals surface area contributed by atoms with Crippen molar-refractivity contribution >= 4 is 0 Å². The van der Waals surface area contributed by atoms with Crippen LogP contribution < -0.4 is 0 Å². The third-order valence-corrected chi connectivity index (χ3v) is 3.45. The SMILES string of the molecule is CCCCCC(O)(Cn1cncn1)c1cccc(F)c1. The van der Waals surface area contributed by atoms with Gasteiger partial charge in [-0.15, -0.1) is 0 Å². The van der Waals surface area contributed by atoms with Gasteiger partial charge >= 0.3 is 0 Å². The van der Waals surface area contributed by atoms with Crippen LogP contribution in [0.2, 0.25) is 0 Å². The molecule has 1 aromatic heterocycles. The predicted molar refractivity (Wildman–Crippen MR) is 74.5 cm³/mol. The Balaban J connectivity index is 2.22. The van der Waals surface area contributed by atoms with Gasteiger partial charge in [-0.3, -0.25) is 0 Å². The van der Waals surface area contributed by atoms with Gasteiger partial charge in [0.2, 0.25) is 0 Å². The highest BCUT2D eigenvalue weighted by atomic mass is 19.1. The van der Waals surface area contributed by atoms with Gasteiger partial charge in [-0.05, 0) is 24.1 Å². The summed E-state index contributed by atoms with van der Waals surface area (Å²) < 4.78 is 15.0. The quantitative estimate of drug-likeness (QED) is 0.792. The van der Waals surface area contributed by atoms with Crippen LogP contribution in [0.15, 0.2) is 36.9 Å². The van der Waals surface area contributed by atoms with Crippen LogP contribution in [0.4, 0.5) is 4.39 Å². The van der Waals surface area contributed by atoms with Crippen molar-refractivity contribution in [2.24, 2.45) is 0 Å². The first kappa shape index (κ1) is 14.7. The van der Waals surface area contributed by atoms with Crippen LogP contribution in [0.3, 0.4) is 0 Å². The van der Waals surface area contributed by atoms with E-state index in [0.717, 1.165) is 19.3 Å². The number of nitrogens with zero attached hydrogens (tertiary/aromatic N) is 3. The lowest BCUT2D eigenvalue weighted by Gasteiger charge is -2.28. The van der Waals surface area contributed by atoms with Gasteiger partial charge < -0.3 is 5.11 Å². The molecule has 108 valence electrons. The molecule has 0 saturated heterocycles. The summed E-state index contributed by atoms with van der Waals surface area (Å²) in [6.45, 7) is 2.39. The highest BCUT2D eigenvalue weighted by Crippen LogP contribution is 2.29. The monoisotopic (exact) mass is 277 g/mol. The van der Waals surface area contributed by atoms with Crippen LogP contribution in [-0.2, 0) is 12.1 Å². The van der Waals surface area contributed by atoms with E-state index in [4.69, 9.17) is 0 Å². The second-order valence-electron chi connectivity index (χ2n) is 5.09. The first-order chi connectivity index (χ1) is 9.64. The molecular weight excluding hydrogens is 257 g/mol. The van der Waals surface area contributed by atoms with Gasteiger partial charge in [-0.25, -0.2) is 14.1 Å². The van der Waals surface area contributed by atoms with E-state index in [1.165, 1.54) is 18.5 Å². The fourth-order valence-electron chi connectivity index (χ4n) is 2.34. The molecule has 4 nitrogen and oxygen atoms in total. The average molecular weight is 277 g/mol. The molecule has 5 heteroatoms. The minimum Gasteiger partial charge on any atom is -0.383 e. The fraction of sp³-hybridized carbons (Fsp3) is 0.467. The number of hydrogen-bond donors (Lipinski definition) is 1. The zero-order valence-corrected chi connectivity index (χ0v) is 11.7. The van der Waals surface area contributed by atoms with Crippen molar-refractivity contribution in [1.29, 1.82) is 0 Å². The van der Waals surface area contributed by atoms with E-state index in [0.29, 0.717) is 12.0 Å². The second-order valence-corrected chi connectivity index (χ2v) is 5.09. The van der Waals surface area contributed by atoms with E-state index in [2.05, 4.69) is 17.0 Å². The number of aliphatic hydroxyl groups is 1. The Morgan fingerprint density at radius 1 is 1.35 bits per heavy atom. The van der Waals surface area contributed by atoms with Crippen LogP contribution in [0.1, 0.15) is 38.2 Å². The number of rotatable bonds is 7. The molecule has 0 amide bonds. The number of hydrogen-bond acceptors (Lipinski definition) is 3. The van der Waals surface area contributed by atoms with Crippen LogP contribution >= 0.6 is 0 Å². The maximum Gasteiger partial charge on any atom is 0.137 e. The van der Waals surface area contributed by atoms with Crippen molar-refractivity contribution in [2.75, 3.05) is 0 Å². The molecule has 2 rings (SSSR count). The molecule has 2 aromatic rings. The van der Waals surface area contributed by atoms with Crippen LogP contribution in [0.5, 0.6) is 0 Å². The summed E-state index contributed by atoms with van der Waals surface area (Å²) in [5.41, 5.74) is -0.533. The van der Waals surface area contributed by atoms with Gasteiger partial charge in [0, 0.05) is 0 Å². The van der Waals surface area contributed by atoms with Gasteiger partial charge in [0.1, 0.15) is 24.1 Å². The van der Waals surface area contributed by atoms with E-state index in [-0.39, 0.29) is 12.4 Å². The van der Waals surface area contributed by atoms with Crippen molar-refractivity contribution in [3.8, 4) is 0 Å². The molecular formula is C15H20FN3O. The summed E-state index contributed by atoms with van der Waals surface area (Å²) in [4.78, 5) is 3.88. The predicted octanol–water partition coefficient (Wildman–Crippen LogP) is 2.89. The van der Waals surface area contributed by atoms with E-state index < -0.39 is 5.60 Å². The maximum absolute atomic E-state index is 13.4. The summed E-state index contributed by atoms with van der Waals surface area (Å²) >= 11 is 0. The van der Waals surface area contributed by atoms with Gasteiger partial charge in [-0.1, -0.05) is 38.3 Å². The highest BCUT2D eigenvalue weighted by molar-refractivity contribution is 5.23. The second kappa shape index (κ2) is 6.61. The Kier molecular flexibility index (Phi) is 4.84. The molecule has 0 aliphatic heterocycles. The van der Waals surface area contributed by atoms with Crippen molar-refractivity contribution in [1.82, 2.24) is 14.8 Å². The number of benzene rings is 1. The standard InChI is InChI=1S/C15H20FN3O/c1-2-3-4-8-15(20,10-19-12-17-11-18-19)13-6-5-7-14(16)9-13/h5-7,9,11-12,20H,2-4,8,10H2,1H3. The molecule has 1 unspecified atom stereocenters. The van der Waals surface area contributed by atoms with Crippen LogP contribution in [-0.4, -0.2) is 19.9 Å². The van der Waals surface area contributed by atoms with Crippen LogP contribution in [0, 0.1) is 5.82 Å². The highest BCUT2D eigenvalue weighted by Gasteiger charge is 2.30. The van der Waals surface area contributed by atoms with E-state index in [1.54, 1.807) is 23.1 Å². The Labute approximate surface area is 118 Å². The Bertz CT molecular complexity index is 530. The van der Waals surface area contributed by atoms with E-state index in [1.807, 2.05) is 0 Å². The van der Waals surface area contributed by atoms with Gasteiger partial charge in [0.05, 0.1) is 6.54 Å². The Morgan fingerprint density at radius 2 is 2.20 bits per heavy atom. The van der Waals surface area contributed by atoms with Gasteiger partial charge in [0.15, 0.2) is 0 Å². The minimum absolute atomic E-state index is 0.278.